The molecule has 8 nitrogen and oxygen atoms in total. The van der Waals surface area contributed by atoms with Gasteiger partial charge in [-0.3, -0.25) is 14.4 Å². The Hall–Kier alpha value is -4.98. The highest BCUT2D eigenvalue weighted by molar-refractivity contribution is 6.10. The summed E-state index contributed by atoms with van der Waals surface area (Å²) in [6.07, 6.45) is -0.887. The van der Waals surface area contributed by atoms with Crippen molar-refractivity contribution < 1.29 is 23.9 Å². The van der Waals surface area contributed by atoms with Crippen LogP contribution in [0.1, 0.15) is 47.1 Å². The van der Waals surface area contributed by atoms with E-state index in [1.807, 2.05) is 55.5 Å². The van der Waals surface area contributed by atoms with E-state index in [0.29, 0.717) is 22.4 Å². The summed E-state index contributed by atoms with van der Waals surface area (Å²) in [4.78, 5) is 37.2. The van der Waals surface area contributed by atoms with E-state index in [-0.39, 0.29) is 23.5 Å². The molecule has 38 heavy (non-hydrogen) atoms. The molecule has 1 N–H and O–H groups in total. The van der Waals surface area contributed by atoms with Crippen molar-refractivity contribution in [2.24, 2.45) is 5.10 Å². The second-order valence-corrected chi connectivity index (χ2v) is 8.94. The van der Waals surface area contributed by atoms with Crippen molar-refractivity contribution in [1.82, 2.24) is 5.01 Å². The molecule has 2 amide bonds. The molecule has 0 saturated carbocycles. The SMILES string of the molecule is CC(=O)Oc1ccc2ccccc2c1C1=NN(C(C)=O)C(c2cccc(NC(=O)c3cccc(C)c3)c2)O1. The van der Waals surface area contributed by atoms with E-state index in [2.05, 4.69) is 10.4 Å². The second kappa shape index (κ2) is 10.2. The molecule has 0 fully saturated rings. The standard InChI is InChI=1S/C30H25N3O5/c1-18-8-6-10-22(16-18)28(36)31-24-12-7-11-23(17-24)30-33(19(2)34)32-29(38-30)27-25-13-5-4-9-21(25)14-15-26(27)37-20(3)35/h4-17,30H,1-3H3,(H,31,36). The topological polar surface area (TPSA) is 97.3 Å². The molecule has 4 aromatic rings. The van der Waals surface area contributed by atoms with Gasteiger partial charge >= 0.3 is 5.97 Å². The van der Waals surface area contributed by atoms with Crippen molar-refractivity contribution in [2.75, 3.05) is 5.32 Å². The highest BCUT2D eigenvalue weighted by atomic mass is 16.5. The first-order chi connectivity index (χ1) is 18.3. The van der Waals surface area contributed by atoms with Crippen molar-refractivity contribution >= 4 is 40.1 Å². The van der Waals surface area contributed by atoms with E-state index in [1.54, 1.807) is 36.4 Å². The average Bonchev–Trinajstić information content (AvgIpc) is 3.34. The molecule has 0 spiro atoms. The molecule has 1 aliphatic heterocycles. The van der Waals surface area contributed by atoms with E-state index < -0.39 is 12.2 Å². The number of fused-ring (bicyclic) bond motifs is 1. The van der Waals surface area contributed by atoms with Crippen LogP contribution in [0.3, 0.4) is 0 Å². The van der Waals surface area contributed by atoms with Crippen LogP contribution in [0.25, 0.3) is 10.8 Å². The Morgan fingerprint density at radius 2 is 1.71 bits per heavy atom. The van der Waals surface area contributed by atoms with Gasteiger partial charge in [-0.25, -0.2) is 0 Å². The molecule has 0 bridgehead atoms. The van der Waals surface area contributed by atoms with Crippen molar-refractivity contribution in [3.8, 4) is 5.75 Å². The average molecular weight is 508 g/mol. The van der Waals surface area contributed by atoms with Crippen molar-refractivity contribution in [1.29, 1.82) is 0 Å². The van der Waals surface area contributed by atoms with Crippen molar-refractivity contribution in [2.45, 2.75) is 27.0 Å². The lowest BCUT2D eigenvalue weighted by molar-refractivity contribution is -0.135. The maximum Gasteiger partial charge on any atom is 0.308 e. The minimum atomic E-state index is -0.887. The Balaban J connectivity index is 1.49. The number of benzene rings is 4. The summed E-state index contributed by atoms with van der Waals surface area (Å²) in [7, 11) is 0. The Morgan fingerprint density at radius 1 is 0.921 bits per heavy atom. The lowest BCUT2D eigenvalue weighted by Gasteiger charge is -2.20. The lowest BCUT2D eigenvalue weighted by Crippen LogP contribution is -2.25. The predicted molar refractivity (Wildman–Crippen MR) is 144 cm³/mol. The fourth-order valence-corrected chi connectivity index (χ4v) is 4.35. The number of nitrogens with one attached hydrogen (secondary N) is 1. The number of carbonyl (C=O) groups is 3. The molecular weight excluding hydrogens is 482 g/mol. The van der Waals surface area contributed by atoms with Crippen LogP contribution in [0.4, 0.5) is 5.69 Å². The van der Waals surface area contributed by atoms with Crippen LogP contribution < -0.4 is 10.1 Å². The van der Waals surface area contributed by atoms with E-state index in [0.717, 1.165) is 16.3 Å². The second-order valence-electron chi connectivity index (χ2n) is 8.94. The van der Waals surface area contributed by atoms with Gasteiger partial charge < -0.3 is 14.8 Å². The van der Waals surface area contributed by atoms with Gasteiger partial charge in [-0.05, 0) is 48.0 Å². The Kier molecular flexibility index (Phi) is 6.62. The Labute approximate surface area is 219 Å². The number of carbonyl (C=O) groups excluding carboxylic acids is 3. The number of hydrogen-bond acceptors (Lipinski definition) is 6. The molecule has 5 rings (SSSR count). The van der Waals surface area contributed by atoms with Crippen LogP contribution in [-0.2, 0) is 14.3 Å². The van der Waals surface area contributed by atoms with E-state index in [9.17, 15) is 14.4 Å². The minimum absolute atomic E-state index is 0.146. The number of esters is 1. The number of nitrogens with zero attached hydrogens (tertiary/aromatic N) is 2. The zero-order valence-corrected chi connectivity index (χ0v) is 21.1. The highest BCUT2D eigenvalue weighted by Crippen LogP contribution is 2.37. The summed E-state index contributed by atoms with van der Waals surface area (Å²) in [6.45, 7) is 4.63. The summed E-state index contributed by atoms with van der Waals surface area (Å²) in [5.41, 5.74) is 3.14. The van der Waals surface area contributed by atoms with E-state index in [1.165, 1.54) is 18.9 Å². The molecule has 0 radical (unpaired) electrons. The minimum Gasteiger partial charge on any atom is -0.446 e. The van der Waals surface area contributed by atoms with Gasteiger partial charge in [0.15, 0.2) is 0 Å². The lowest BCUT2D eigenvalue weighted by atomic mass is 10.0. The number of hydrogen-bond donors (Lipinski definition) is 1. The number of aryl methyl sites for hydroxylation is 1. The normalized spacial score (nSPS) is 14.6. The first kappa shape index (κ1) is 24.7. The largest absolute Gasteiger partial charge is 0.446 e. The van der Waals surface area contributed by atoms with Gasteiger partial charge in [0.1, 0.15) is 5.75 Å². The van der Waals surface area contributed by atoms with Gasteiger partial charge in [-0.1, -0.05) is 60.2 Å². The third-order valence-corrected chi connectivity index (χ3v) is 6.03. The fraction of sp³-hybridized carbons (Fsp3) is 0.133. The molecule has 0 aliphatic carbocycles. The third kappa shape index (κ3) is 4.97. The number of amides is 2. The summed E-state index contributed by atoms with van der Waals surface area (Å²) in [5.74, 6) is -0.656. The summed E-state index contributed by atoms with van der Waals surface area (Å²) in [6, 6.07) is 25.4. The van der Waals surface area contributed by atoms with Crippen molar-refractivity contribution in [3.05, 3.63) is 107 Å². The molecule has 1 unspecified atom stereocenters. The predicted octanol–water partition coefficient (Wildman–Crippen LogP) is 5.56. The van der Waals surface area contributed by atoms with Crippen molar-refractivity contribution in [3.63, 3.8) is 0 Å². The maximum absolute atomic E-state index is 12.8. The maximum atomic E-state index is 12.8. The first-order valence-corrected chi connectivity index (χ1v) is 12.0. The van der Waals surface area contributed by atoms with Crippen LogP contribution in [0.5, 0.6) is 5.75 Å². The molecule has 1 atom stereocenters. The van der Waals surface area contributed by atoms with Gasteiger partial charge in [0.25, 0.3) is 5.91 Å². The molecule has 1 aliphatic rings. The molecular formula is C30H25N3O5. The van der Waals surface area contributed by atoms with E-state index >= 15 is 0 Å². The Bertz CT molecular complexity index is 1610. The number of rotatable bonds is 5. The molecule has 0 saturated heterocycles. The number of hydrazone groups is 1. The van der Waals surface area contributed by atoms with Crippen LogP contribution in [0, 0.1) is 6.92 Å². The quantitative estimate of drug-likeness (QED) is 0.282. The van der Waals surface area contributed by atoms with Gasteiger partial charge in [0.05, 0.1) is 5.56 Å². The first-order valence-electron chi connectivity index (χ1n) is 12.0. The highest BCUT2D eigenvalue weighted by Gasteiger charge is 2.35. The summed E-state index contributed by atoms with van der Waals surface area (Å²) >= 11 is 0. The zero-order valence-electron chi connectivity index (χ0n) is 21.1. The van der Waals surface area contributed by atoms with Gasteiger partial charge in [-0.15, -0.1) is 5.10 Å². The zero-order chi connectivity index (χ0) is 26.8. The smallest absolute Gasteiger partial charge is 0.308 e. The molecule has 1 heterocycles. The summed E-state index contributed by atoms with van der Waals surface area (Å²) < 4.78 is 11.7. The number of anilines is 1. The molecule has 4 aromatic carbocycles. The van der Waals surface area contributed by atoms with E-state index in [4.69, 9.17) is 9.47 Å². The fourth-order valence-electron chi connectivity index (χ4n) is 4.35. The monoisotopic (exact) mass is 507 g/mol. The van der Waals surface area contributed by atoms with Crippen LogP contribution in [0.15, 0.2) is 90.0 Å². The molecule has 190 valence electrons. The van der Waals surface area contributed by atoms with Crippen LogP contribution in [0.2, 0.25) is 0 Å². The number of ether oxygens (including phenoxy) is 2. The van der Waals surface area contributed by atoms with Gasteiger partial charge in [0, 0.05) is 30.7 Å². The Morgan fingerprint density at radius 3 is 2.47 bits per heavy atom. The van der Waals surface area contributed by atoms with Gasteiger partial charge in [-0.2, -0.15) is 5.01 Å². The molecule has 8 heteroatoms. The molecule has 0 aromatic heterocycles. The summed E-state index contributed by atoms with van der Waals surface area (Å²) in [5, 5.41) is 10.3. The van der Waals surface area contributed by atoms with Crippen LogP contribution in [-0.4, -0.2) is 28.7 Å². The third-order valence-electron chi connectivity index (χ3n) is 6.03. The van der Waals surface area contributed by atoms with Gasteiger partial charge in [0.2, 0.25) is 18.0 Å². The van der Waals surface area contributed by atoms with Crippen LogP contribution >= 0.6 is 0 Å².